The van der Waals surface area contributed by atoms with Crippen LogP contribution >= 0.6 is 0 Å². The maximum Gasteiger partial charge on any atom is 0.327 e. The molecular formula is C8H16N2O4. The molecule has 14 heavy (non-hydrogen) atoms. The fraction of sp³-hybridized carbons (Fsp3) is 0.750. The Bertz CT molecular complexity index is 186. The predicted octanol–water partition coefficient (Wildman–Crippen LogP) is -0.127. The van der Waals surface area contributed by atoms with Crippen molar-refractivity contribution < 1.29 is 19.3 Å². The van der Waals surface area contributed by atoms with Crippen LogP contribution in [-0.2, 0) is 19.3 Å². The van der Waals surface area contributed by atoms with Crippen LogP contribution in [0.3, 0.4) is 0 Å². The lowest BCUT2D eigenvalue weighted by atomic mass is 9.98. The summed E-state index contributed by atoms with van der Waals surface area (Å²) in [6.45, 7) is 3.35. The minimum atomic E-state index is -0.488. The molecule has 0 aliphatic rings. The first-order chi connectivity index (χ1) is 6.52. The molecule has 0 saturated heterocycles. The van der Waals surface area contributed by atoms with Gasteiger partial charge in [0.25, 0.3) is 0 Å². The van der Waals surface area contributed by atoms with E-state index in [9.17, 15) is 9.59 Å². The number of rotatable bonds is 5. The molecule has 2 atom stereocenters. The van der Waals surface area contributed by atoms with Crippen LogP contribution in [0.15, 0.2) is 0 Å². The first-order valence-corrected chi connectivity index (χ1v) is 4.34. The molecule has 0 spiro atoms. The van der Waals surface area contributed by atoms with E-state index in [0.29, 0.717) is 12.8 Å². The quantitative estimate of drug-likeness (QED) is 0.604. The first kappa shape index (κ1) is 12.9. The van der Waals surface area contributed by atoms with Crippen molar-refractivity contribution >= 4 is 11.9 Å². The fourth-order valence-electron chi connectivity index (χ4n) is 0.968. The lowest BCUT2D eigenvalue weighted by molar-refractivity contribution is -0.151. The molecule has 0 aliphatic carbocycles. The Morgan fingerprint density at radius 2 is 1.29 bits per heavy atom. The van der Waals surface area contributed by atoms with Crippen molar-refractivity contribution in [2.24, 2.45) is 23.6 Å². The van der Waals surface area contributed by atoms with E-state index >= 15 is 0 Å². The van der Waals surface area contributed by atoms with Gasteiger partial charge in [0.15, 0.2) is 0 Å². The number of hydrogen-bond acceptors (Lipinski definition) is 6. The SMILES string of the molecule is CC(CCC(C)C(=O)ON)C(=O)ON. The molecule has 0 aromatic rings. The van der Waals surface area contributed by atoms with Crippen LogP contribution in [-0.4, -0.2) is 11.9 Å². The van der Waals surface area contributed by atoms with E-state index in [0.717, 1.165) is 0 Å². The third kappa shape index (κ3) is 4.20. The van der Waals surface area contributed by atoms with Crippen LogP contribution in [0.25, 0.3) is 0 Å². The standard InChI is InChI=1S/C8H16N2O4/c1-5(7(11)13-9)3-4-6(2)8(12)14-10/h5-6H,3-4,9-10H2,1-2H3. The smallest absolute Gasteiger partial charge is 0.327 e. The van der Waals surface area contributed by atoms with Gasteiger partial charge in [0.1, 0.15) is 0 Å². The molecule has 4 N–H and O–H groups in total. The first-order valence-electron chi connectivity index (χ1n) is 4.34. The summed E-state index contributed by atoms with van der Waals surface area (Å²) in [5, 5.41) is 0. The Hall–Kier alpha value is -1.14. The van der Waals surface area contributed by atoms with Crippen LogP contribution in [0.5, 0.6) is 0 Å². The van der Waals surface area contributed by atoms with Crippen molar-refractivity contribution in [3.63, 3.8) is 0 Å². The maximum absolute atomic E-state index is 10.9. The lowest BCUT2D eigenvalue weighted by Gasteiger charge is -2.11. The van der Waals surface area contributed by atoms with Gasteiger partial charge in [-0.05, 0) is 12.8 Å². The van der Waals surface area contributed by atoms with Crippen molar-refractivity contribution in [3.8, 4) is 0 Å². The molecule has 0 amide bonds. The Labute approximate surface area is 82.4 Å². The summed E-state index contributed by atoms with van der Waals surface area (Å²) in [6.07, 6.45) is 1.01. The zero-order valence-corrected chi connectivity index (χ0v) is 8.36. The van der Waals surface area contributed by atoms with Gasteiger partial charge >= 0.3 is 11.9 Å². The van der Waals surface area contributed by atoms with E-state index in [4.69, 9.17) is 11.8 Å². The lowest BCUT2D eigenvalue weighted by Crippen LogP contribution is -2.22. The summed E-state index contributed by atoms with van der Waals surface area (Å²) in [6, 6.07) is 0. The minimum absolute atomic E-state index is 0.326. The summed E-state index contributed by atoms with van der Waals surface area (Å²) in [4.78, 5) is 29.9. The second-order valence-electron chi connectivity index (χ2n) is 3.25. The van der Waals surface area contributed by atoms with E-state index in [1.807, 2.05) is 0 Å². The van der Waals surface area contributed by atoms with Gasteiger partial charge in [-0.2, -0.15) is 11.8 Å². The Kier molecular flexibility index (Phi) is 5.82. The highest BCUT2D eigenvalue weighted by Gasteiger charge is 2.19. The molecule has 0 aromatic carbocycles. The minimum Gasteiger partial charge on any atom is -0.373 e. The van der Waals surface area contributed by atoms with Gasteiger partial charge in [-0.3, -0.25) is 9.59 Å². The van der Waals surface area contributed by atoms with Crippen molar-refractivity contribution in [1.82, 2.24) is 0 Å². The van der Waals surface area contributed by atoms with E-state index in [-0.39, 0.29) is 11.8 Å². The van der Waals surface area contributed by atoms with Gasteiger partial charge < -0.3 is 9.68 Å². The third-order valence-electron chi connectivity index (χ3n) is 2.07. The van der Waals surface area contributed by atoms with Crippen LogP contribution in [0.2, 0.25) is 0 Å². The van der Waals surface area contributed by atoms with Crippen molar-refractivity contribution in [1.29, 1.82) is 0 Å². The summed E-state index contributed by atoms with van der Waals surface area (Å²) in [5.74, 6) is 7.78. The highest BCUT2D eigenvalue weighted by Crippen LogP contribution is 2.13. The molecule has 0 saturated carbocycles. The van der Waals surface area contributed by atoms with E-state index in [2.05, 4.69) is 9.68 Å². The van der Waals surface area contributed by atoms with Crippen molar-refractivity contribution in [2.45, 2.75) is 26.7 Å². The molecule has 0 fully saturated rings. The molecule has 0 radical (unpaired) electrons. The predicted molar refractivity (Wildman–Crippen MR) is 48.1 cm³/mol. The molecule has 0 heterocycles. The molecule has 0 rings (SSSR count). The van der Waals surface area contributed by atoms with Gasteiger partial charge in [-0.25, -0.2) is 0 Å². The Morgan fingerprint density at radius 1 is 1.00 bits per heavy atom. The molecule has 6 nitrogen and oxygen atoms in total. The molecule has 2 unspecified atom stereocenters. The second kappa shape index (κ2) is 6.33. The number of carbonyl (C=O) groups excluding carboxylic acids is 2. The van der Waals surface area contributed by atoms with Crippen LogP contribution in [0.1, 0.15) is 26.7 Å². The van der Waals surface area contributed by atoms with Gasteiger partial charge in [0.2, 0.25) is 0 Å². The normalized spacial score (nSPS) is 14.3. The maximum atomic E-state index is 10.9. The third-order valence-corrected chi connectivity index (χ3v) is 2.07. The zero-order valence-electron chi connectivity index (χ0n) is 8.36. The van der Waals surface area contributed by atoms with Crippen molar-refractivity contribution in [2.75, 3.05) is 0 Å². The average Bonchev–Trinajstić information content (AvgIpc) is 2.22. The van der Waals surface area contributed by atoms with E-state index in [1.165, 1.54) is 0 Å². The Balaban J connectivity index is 3.82. The largest absolute Gasteiger partial charge is 0.373 e. The second-order valence-corrected chi connectivity index (χ2v) is 3.25. The highest BCUT2D eigenvalue weighted by molar-refractivity contribution is 5.73. The number of nitrogens with two attached hydrogens (primary N) is 2. The fourth-order valence-corrected chi connectivity index (χ4v) is 0.968. The summed E-state index contributed by atoms with van der Waals surface area (Å²) >= 11 is 0. The van der Waals surface area contributed by atoms with Crippen LogP contribution in [0, 0.1) is 11.8 Å². The van der Waals surface area contributed by atoms with Crippen LogP contribution < -0.4 is 11.8 Å². The molecule has 0 bridgehead atoms. The molecule has 82 valence electrons. The topological polar surface area (TPSA) is 105 Å². The van der Waals surface area contributed by atoms with Gasteiger partial charge in [0.05, 0.1) is 11.8 Å². The average molecular weight is 204 g/mol. The molecule has 0 aromatic heterocycles. The molecular weight excluding hydrogens is 188 g/mol. The molecule has 0 aliphatic heterocycles. The van der Waals surface area contributed by atoms with E-state index in [1.54, 1.807) is 13.8 Å². The summed E-state index contributed by atoms with van der Waals surface area (Å²) < 4.78 is 0. The van der Waals surface area contributed by atoms with Crippen molar-refractivity contribution in [3.05, 3.63) is 0 Å². The monoisotopic (exact) mass is 204 g/mol. The zero-order chi connectivity index (χ0) is 11.1. The number of hydrogen-bond donors (Lipinski definition) is 2. The molecule has 6 heteroatoms. The summed E-state index contributed by atoms with van der Waals surface area (Å²) in [7, 11) is 0. The highest BCUT2D eigenvalue weighted by atomic mass is 16.7. The number of carbonyl (C=O) groups is 2. The summed E-state index contributed by atoms with van der Waals surface area (Å²) in [5.41, 5.74) is 0. The van der Waals surface area contributed by atoms with Gasteiger partial charge in [-0.1, -0.05) is 13.8 Å². The van der Waals surface area contributed by atoms with Gasteiger partial charge in [0, 0.05) is 0 Å². The Morgan fingerprint density at radius 3 is 1.50 bits per heavy atom. The van der Waals surface area contributed by atoms with Crippen LogP contribution in [0.4, 0.5) is 0 Å². The van der Waals surface area contributed by atoms with E-state index < -0.39 is 11.9 Å². The van der Waals surface area contributed by atoms with Gasteiger partial charge in [-0.15, -0.1) is 0 Å².